The van der Waals surface area contributed by atoms with E-state index in [1.165, 1.54) is 25.7 Å². The van der Waals surface area contributed by atoms with Gasteiger partial charge in [-0.05, 0) is 44.6 Å². The molecule has 0 aromatic carbocycles. The molecular formula is C13H30N2. The smallest absolute Gasteiger partial charge is 0.00652 e. The Morgan fingerprint density at radius 3 is 2.13 bits per heavy atom. The third-order valence-electron chi connectivity index (χ3n) is 3.37. The zero-order chi connectivity index (χ0) is 11.8. The van der Waals surface area contributed by atoms with Gasteiger partial charge in [-0.2, -0.15) is 0 Å². The molecule has 0 aromatic rings. The van der Waals surface area contributed by atoms with E-state index >= 15 is 0 Å². The van der Waals surface area contributed by atoms with Crippen molar-refractivity contribution in [3.63, 3.8) is 0 Å². The quantitative estimate of drug-likeness (QED) is 0.652. The first kappa shape index (κ1) is 14.9. The second kappa shape index (κ2) is 8.12. The molecule has 2 heteroatoms. The Bertz CT molecular complexity index is 141. The van der Waals surface area contributed by atoms with Crippen LogP contribution in [0.4, 0.5) is 0 Å². The molecule has 15 heavy (non-hydrogen) atoms. The van der Waals surface area contributed by atoms with Gasteiger partial charge in [-0.1, -0.05) is 27.7 Å². The Kier molecular flexibility index (Phi) is 8.07. The van der Waals surface area contributed by atoms with E-state index in [9.17, 15) is 0 Å². The minimum Gasteiger partial charge on any atom is -0.327 e. The lowest BCUT2D eigenvalue weighted by Crippen LogP contribution is -2.34. The van der Waals surface area contributed by atoms with Gasteiger partial charge in [0.1, 0.15) is 0 Å². The van der Waals surface area contributed by atoms with Crippen LogP contribution in [-0.4, -0.2) is 19.1 Å². The summed E-state index contributed by atoms with van der Waals surface area (Å²) in [5, 5.41) is 3.35. The maximum atomic E-state index is 6.20. The van der Waals surface area contributed by atoms with E-state index < -0.39 is 0 Å². The Labute approximate surface area is 96.0 Å². The largest absolute Gasteiger partial charge is 0.327 e. The van der Waals surface area contributed by atoms with Gasteiger partial charge in [-0.15, -0.1) is 0 Å². The van der Waals surface area contributed by atoms with Crippen LogP contribution in [0.2, 0.25) is 0 Å². The highest BCUT2D eigenvalue weighted by molar-refractivity contribution is 4.75. The average molecular weight is 214 g/mol. The van der Waals surface area contributed by atoms with Crippen LogP contribution in [0.15, 0.2) is 0 Å². The van der Waals surface area contributed by atoms with E-state index in [4.69, 9.17) is 5.73 Å². The van der Waals surface area contributed by atoms with Crippen LogP contribution in [0.25, 0.3) is 0 Å². The van der Waals surface area contributed by atoms with Crippen LogP contribution in [0, 0.1) is 11.8 Å². The second-order valence-electron chi connectivity index (χ2n) is 5.24. The lowest BCUT2D eigenvalue weighted by atomic mass is 9.89. The molecule has 0 radical (unpaired) electrons. The summed E-state index contributed by atoms with van der Waals surface area (Å²) in [4.78, 5) is 0. The molecule has 0 aliphatic rings. The summed E-state index contributed by atoms with van der Waals surface area (Å²) in [6.45, 7) is 9.04. The molecular weight excluding hydrogens is 184 g/mol. The van der Waals surface area contributed by atoms with Crippen molar-refractivity contribution in [2.24, 2.45) is 17.6 Å². The Balaban J connectivity index is 3.81. The molecule has 3 atom stereocenters. The normalized spacial score (nSPS) is 17.8. The van der Waals surface area contributed by atoms with Crippen LogP contribution in [0.1, 0.15) is 53.4 Å². The minimum absolute atomic E-state index is 0.370. The van der Waals surface area contributed by atoms with Crippen molar-refractivity contribution in [2.45, 2.75) is 65.5 Å². The summed E-state index contributed by atoms with van der Waals surface area (Å²) < 4.78 is 0. The molecule has 0 rings (SSSR count). The maximum absolute atomic E-state index is 6.20. The lowest BCUT2D eigenvalue weighted by Gasteiger charge is -2.24. The topological polar surface area (TPSA) is 38.0 Å². The predicted molar refractivity (Wildman–Crippen MR) is 69.0 cm³/mol. The van der Waals surface area contributed by atoms with Gasteiger partial charge in [0.25, 0.3) is 0 Å². The highest BCUT2D eigenvalue weighted by Crippen LogP contribution is 2.17. The van der Waals surface area contributed by atoms with Crippen molar-refractivity contribution in [3.8, 4) is 0 Å². The molecule has 0 heterocycles. The van der Waals surface area contributed by atoms with Crippen molar-refractivity contribution >= 4 is 0 Å². The van der Waals surface area contributed by atoms with Crippen molar-refractivity contribution in [1.82, 2.24) is 5.32 Å². The highest BCUT2D eigenvalue weighted by Gasteiger charge is 2.16. The number of hydrogen-bond donors (Lipinski definition) is 2. The summed E-state index contributed by atoms with van der Waals surface area (Å²) in [5.41, 5.74) is 6.20. The minimum atomic E-state index is 0.370. The third-order valence-corrected chi connectivity index (χ3v) is 3.37. The summed E-state index contributed by atoms with van der Waals surface area (Å²) >= 11 is 0. The zero-order valence-electron chi connectivity index (χ0n) is 11.2. The van der Waals surface area contributed by atoms with E-state index in [2.05, 4.69) is 33.0 Å². The van der Waals surface area contributed by atoms with Gasteiger partial charge in [0.05, 0.1) is 0 Å². The van der Waals surface area contributed by atoms with Gasteiger partial charge in [0.2, 0.25) is 0 Å². The molecule has 0 aliphatic heterocycles. The highest BCUT2D eigenvalue weighted by atomic mass is 14.9. The van der Waals surface area contributed by atoms with Crippen LogP contribution in [0.3, 0.4) is 0 Å². The van der Waals surface area contributed by atoms with E-state index in [0.717, 1.165) is 5.92 Å². The standard InChI is InChI=1S/C13H30N2/c1-6-12(15-5)9-11(4)13(14)8-7-10(2)3/h10-13,15H,6-9,14H2,1-5H3. The number of nitrogens with two attached hydrogens (primary N) is 1. The van der Waals surface area contributed by atoms with Gasteiger partial charge in [0.15, 0.2) is 0 Å². The van der Waals surface area contributed by atoms with Crippen molar-refractivity contribution in [1.29, 1.82) is 0 Å². The molecule has 0 saturated heterocycles. The number of hydrogen-bond acceptors (Lipinski definition) is 2. The van der Waals surface area contributed by atoms with Crippen LogP contribution in [0.5, 0.6) is 0 Å². The molecule has 0 fully saturated rings. The third kappa shape index (κ3) is 6.91. The number of rotatable bonds is 8. The molecule has 3 N–H and O–H groups in total. The SMILES string of the molecule is CCC(CC(C)C(N)CCC(C)C)NC. The lowest BCUT2D eigenvalue weighted by molar-refractivity contribution is 0.334. The molecule has 3 unspecified atom stereocenters. The van der Waals surface area contributed by atoms with Gasteiger partial charge < -0.3 is 11.1 Å². The van der Waals surface area contributed by atoms with Crippen molar-refractivity contribution in [2.75, 3.05) is 7.05 Å². The van der Waals surface area contributed by atoms with Crippen molar-refractivity contribution < 1.29 is 0 Å². The average Bonchev–Trinajstić information content (AvgIpc) is 2.21. The molecule has 92 valence electrons. The van der Waals surface area contributed by atoms with E-state index in [1.54, 1.807) is 0 Å². The fourth-order valence-electron chi connectivity index (χ4n) is 1.92. The molecule has 0 amide bonds. The molecule has 0 bridgehead atoms. The van der Waals surface area contributed by atoms with E-state index in [0.29, 0.717) is 18.0 Å². The maximum Gasteiger partial charge on any atom is 0.00652 e. The first-order valence-electron chi connectivity index (χ1n) is 6.44. The van der Waals surface area contributed by atoms with Gasteiger partial charge in [0, 0.05) is 12.1 Å². The summed E-state index contributed by atoms with van der Waals surface area (Å²) in [6, 6.07) is 1.000. The fraction of sp³-hybridized carbons (Fsp3) is 1.00. The Morgan fingerprint density at radius 2 is 1.73 bits per heavy atom. The summed E-state index contributed by atoms with van der Waals surface area (Å²) in [6.07, 6.45) is 4.81. The molecule has 0 spiro atoms. The Hall–Kier alpha value is -0.0800. The molecule has 0 aromatic heterocycles. The molecule has 0 saturated carbocycles. The summed E-state index contributed by atoms with van der Waals surface area (Å²) in [5.74, 6) is 1.40. The monoisotopic (exact) mass is 214 g/mol. The van der Waals surface area contributed by atoms with Gasteiger partial charge in [-0.25, -0.2) is 0 Å². The summed E-state index contributed by atoms with van der Waals surface area (Å²) in [7, 11) is 2.04. The van der Waals surface area contributed by atoms with Crippen LogP contribution < -0.4 is 11.1 Å². The second-order valence-corrected chi connectivity index (χ2v) is 5.24. The Morgan fingerprint density at radius 1 is 1.13 bits per heavy atom. The molecule has 2 nitrogen and oxygen atoms in total. The van der Waals surface area contributed by atoms with Crippen LogP contribution >= 0.6 is 0 Å². The zero-order valence-corrected chi connectivity index (χ0v) is 11.2. The van der Waals surface area contributed by atoms with E-state index in [-0.39, 0.29) is 0 Å². The molecule has 0 aliphatic carbocycles. The first-order chi connectivity index (χ1) is 7.01. The number of nitrogens with one attached hydrogen (secondary N) is 1. The van der Waals surface area contributed by atoms with Gasteiger partial charge >= 0.3 is 0 Å². The first-order valence-corrected chi connectivity index (χ1v) is 6.44. The fourth-order valence-corrected chi connectivity index (χ4v) is 1.92. The van der Waals surface area contributed by atoms with Gasteiger partial charge in [-0.3, -0.25) is 0 Å². The van der Waals surface area contributed by atoms with Crippen LogP contribution in [-0.2, 0) is 0 Å². The predicted octanol–water partition coefficient (Wildman–Crippen LogP) is 2.77. The van der Waals surface area contributed by atoms with E-state index in [1.807, 2.05) is 7.05 Å². The van der Waals surface area contributed by atoms with Crippen molar-refractivity contribution in [3.05, 3.63) is 0 Å².